The fourth-order valence-electron chi connectivity index (χ4n) is 3.92. The Hall–Kier alpha value is -3.16. The van der Waals surface area contributed by atoms with Crippen LogP contribution in [0.3, 0.4) is 0 Å². The van der Waals surface area contributed by atoms with Gasteiger partial charge in [0.2, 0.25) is 5.91 Å². The van der Waals surface area contributed by atoms with Crippen LogP contribution in [-0.4, -0.2) is 36.3 Å². The molecule has 1 aliphatic rings. The maximum absolute atomic E-state index is 12.6. The molecular formula is C25H27N3O3S. The van der Waals surface area contributed by atoms with Gasteiger partial charge in [-0.2, -0.15) is 0 Å². The van der Waals surface area contributed by atoms with Gasteiger partial charge in [0.05, 0.1) is 0 Å². The van der Waals surface area contributed by atoms with Gasteiger partial charge in [-0.1, -0.05) is 6.07 Å². The van der Waals surface area contributed by atoms with Crippen molar-refractivity contribution >= 4 is 23.2 Å². The number of carbonyl (C=O) groups excluding carboxylic acids is 2. The summed E-state index contributed by atoms with van der Waals surface area (Å²) in [5.41, 5.74) is 6.28. The van der Waals surface area contributed by atoms with Crippen LogP contribution in [0.25, 0.3) is 0 Å². The van der Waals surface area contributed by atoms with Crippen LogP contribution in [0.1, 0.15) is 38.4 Å². The number of thiophene rings is 1. The highest BCUT2D eigenvalue weighted by molar-refractivity contribution is 7.09. The second-order valence-corrected chi connectivity index (χ2v) is 9.08. The quantitative estimate of drug-likeness (QED) is 0.538. The summed E-state index contributed by atoms with van der Waals surface area (Å²) in [5, 5.41) is 5.20. The first-order chi connectivity index (χ1) is 15.6. The van der Waals surface area contributed by atoms with Crippen molar-refractivity contribution in [3.63, 3.8) is 0 Å². The van der Waals surface area contributed by atoms with Crippen LogP contribution >= 0.6 is 11.3 Å². The molecule has 166 valence electrons. The number of nitrogens with one attached hydrogen (secondary N) is 1. The normalized spacial score (nSPS) is 16.4. The molecule has 1 atom stereocenters. The number of benzene rings is 2. The van der Waals surface area contributed by atoms with Crippen LogP contribution in [0.2, 0.25) is 0 Å². The van der Waals surface area contributed by atoms with E-state index in [1.165, 1.54) is 11.3 Å². The van der Waals surface area contributed by atoms with E-state index in [4.69, 9.17) is 10.5 Å². The van der Waals surface area contributed by atoms with Gasteiger partial charge in [-0.05, 0) is 85.3 Å². The van der Waals surface area contributed by atoms with E-state index in [0.29, 0.717) is 35.1 Å². The van der Waals surface area contributed by atoms with Gasteiger partial charge in [0.1, 0.15) is 11.5 Å². The highest BCUT2D eigenvalue weighted by Crippen LogP contribution is 2.23. The second-order valence-electron chi connectivity index (χ2n) is 8.05. The number of hydrogen-bond donors (Lipinski definition) is 2. The van der Waals surface area contributed by atoms with Crippen molar-refractivity contribution in [2.45, 2.75) is 19.4 Å². The second kappa shape index (κ2) is 10.4. The fraction of sp³-hybridized carbons (Fsp3) is 0.280. The number of amides is 2. The van der Waals surface area contributed by atoms with Gasteiger partial charge < -0.3 is 15.8 Å². The van der Waals surface area contributed by atoms with E-state index in [-0.39, 0.29) is 5.91 Å². The van der Waals surface area contributed by atoms with Crippen LogP contribution < -0.4 is 15.8 Å². The maximum Gasteiger partial charge on any atom is 0.251 e. The van der Waals surface area contributed by atoms with E-state index in [2.05, 4.69) is 27.7 Å². The molecule has 1 aliphatic heterocycles. The monoisotopic (exact) mass is 449 g/mol. The summed E-state index contributed by atoms with van der Waals surface area (Å²) in [6.45, 7) is 3.81. The van der Waals surface area contributed by atoms with Crippen LogP contribution in [0.5, 0.6) is 11.5 Å². The number of nitrogens with two attached hydrogens (primary N) is 1. The fourth-order valence-corrected chi connectivity index (χ4v) is 4.67. The predicted molar refractivity (Wildman–Crippen MR) is 126 cm³/mol. The number of carbonyl (C=O) groups is 2. The predicted octanol–water partition coefficient (Wildman–Crippen LogP) is 4.28. The third-order valence-corrected chi connectivity index (χ3v) is 6.47. The Balaban J connectivity index is 1.26. The minimum Gasteiger partial charge on any atom is -0.457 e. The number of likely N-dealkylation sites (tertiary alicyclic amines) is 1. The molecule has 7 heteroatoms. The topological polar surface area (TPSA) is 84.7 Å². The van der Waals surface area contributed by atoms with E-state index in [0.717, 1.165) is 26.1 Å². The molecule has 1 saturated heterocycles. The molecule has 32 heavy (non-hydrogen) atoms. The van der Waals surface area contributed by atoms with Crippen molar-refractivity contribution in [3.8, 4) is 11.5 Å². The molecule has 0 aliphatic carbocycles. The highest BCUT2D eigenvalue weighted by Gasteiger charge is 2.21. The Kier molecular flexibility index (Phi) is 7.19. The third kappa shape index (κ3) is 5.96. The first kappa shape index (κ1) is 22.0. The molecule has 1 unspecified atom stereocenters. The molecule has 2 amide bonds. The summed E-state index contributed by atoms with van der Waals surface area (Å²) in [7, 11) is 0. The zero-order valence-corrected chi connectivity index (χ0v) is 18.6. The lowest BCUT2D eigenvalue weighted by atomic mass is 9.98. The summed E-state index contributed by atoms with van der Waals surface area (Å²) in [6.07, 6.45) is 2.31. The standard InChI is InChI=1S/C25H27N3O3S/c26-24(29)19-5-9-21(10-6-19)31-22-11-7-20(8-12-22)25(30)27-15-18-3-1-13-28(16-18)17-23-4-2-14-32-23/h2,4-12,14,18H,1,3,13,15-17H2,(H2,26,29)(H,27,30). The summed E-state index contributed by atoms with van der Waals surface area (Å²) in [5.74, 6) is 1.13. The molecule has 0 radical (unpaired) electrons. The zero-order valence-electron chi connectivity index (χ0n) is 17.8. The summed E-state index contributed by atoms with van der Waals surface area (Å²) in [6, 6.07) is 17.9. The highest BCUT2D eigenvalue weighted by atomic mass is 32.1. The van der Waals surface area contributed by atoms with E-state index in [9.17, 15) is 9.59 Å². The first-order valence-electron chi connectivity index (χ1n) is 10.8. The Morgan fingerprint density at radius 2 is 1.72 bits per heavy atom. The smallest absolute Gasteiger partial charge is 0.251 e. The van der Waals surface area contributed by atoms with Gasteiger partial charge >= 0.3 is 0 Å². The number of rotatable bonds is 8. The molecule has 3 N–H and O–H groups in total. The first-order valence-corrected chi connectivity index (χ1v) is 11.7. The molecule has 0 spiro atoms. The van der Waals surface area contributed by atoms with E-state index in [1.54, 1.807) is 59.9 Å². The Labute approximate surface area is 192 Å². The number of ether oxygens (including phenoxy) is 1. The molecule has 1 aromatic heterocycles. The summed E-state index contributed by atoms with van der Waals surface area (Å²) in [4.78, 5) is 27.6. The van der Waals surface area contributed by atoms with Crippen LogP contribution in [0, 0.1) is 5.92 Å². The number of nitrogens with zero attached hydrogens (tertiary/aromatic N) is 1. The molecular weight excluding hydrogens is 422 g/mol. The average Bonchev–Trinajstić information content (AvgIpc) is 3.32. The van der Waals surface area contributed by atoms with Gasteiger partial charge in [0.25, 0.3) is 5.91 Å². The largest absolute Gasteiger partial charge is 0.457 e. The number of piperidine rings is 1. The Morgan fingerprint density at radius 3 is 2.34 bits per heavy atom. The maximum atomic E-state index is 12.6. The van der Waals surface area contributed by atoms with Crippen molar-refractivity contribution in [2.24, 2.45) is 11.7 Å². The van der Waals surface area contributed by atoms with Crippen LogP contribution in [-0.2, 0) is 6.54 Å². The van der Waals surface area contributed by atoms with Crippen LogP contribution in [0.15, 0.2) is 66.0 Å². The molecule has 0 bridgehead atoms. The van der Waals surface area contributed by atoms with Crippen molar-refractivity contribution < 1.29 is 14.3 Å². The van der Waals surface area contributed by atoms with Gasteiger partial charge in [-0.15, -0.1) is 11.3 Å². The minimum absolute atomic E-state index is 0.0715. The molecule has 2 aromatic carbocycles. The number of primary amides is 1. The van der Waals surface area contributed by atoms with Crippen molar-refractivity contribution in [1.82, 2.24) is 10.2 Å². The minimum atomic E-state index is -0.477. The van der Waals surface area contributed by atoms with E-state index >= 15 is 0 Å². The van der Waals surface area contributed by atoms with E-state index in [1.807, 2.05) is 0 Å². The van der Waals surface area contributed by atoms with Gasteiger partial charge in [0, 0.05) is 35.6 Å². The summed E-state index contributed by atoms with van der Waals surface area (Å²) >= 11 is 1.80. The van der Waals surface area contributed by atoms with Crippen LogP contribution in [0.4, 0.5) is 0 Å². The van der Waals surface area contributed by atoms with Gasteiger partial charge in [0.15, 0.2) is 0 Å². The molecule has 2 heterocycles. The molecule has 1 fully saturated rings. The van der Waals surface area contributed by atoms with Crippen molar-refractivity contribution in [1.29, 1.82) is 0 Å². The van der Waals surface area contributed by atoms with Crippen molar-refractivity contribution in [2.75, 3.05) is 19.6 Å². The van der Waals surface area contributed by atoms with E-state index < -0.39 is 5.91 Å². The number of hydrogen-bond acceptors (Lipinski definition) is 5. The Bertz CT molecular complexity index is 1030. The lowest BCUT2D eigenvalue weighted by Crippen LogP contribution is -2.40. The molecule has 3 aromatic rings. The zero-order chi connectivity index (χ0) is 22.3. The Morgan fingerprint density at radius 1 is 1.03 bits per heavy atom. The summed E-state index contributed by atoms with van der Waals surface area (Å²) < 4.78 is 5.77. The average molecular weight is 450 g/mol. The van der Waals surface area contributed by atoms with Crippen molar-refractivity contribution in [3.05, 3.63) is 82.0 Å². The lowest BCUT2D eigenvalue weighted by Gasteiger charge is -2.32. The lowest BCUT2D eigenvalue weighted by molar-refractivity contribution is 0.0930. The molecule has 0 saturated carbocycles. The van der Waals surface area contributed by atoms with Gasteiger partial charge in [-0.3, -0.25) is 14.5 Å². The molecule has 6 nitrogen and oxygen atoms in total. The SMILES string of the molecule is NC(=O)c1ccc(Oc2ccc(C(=O)NCC3CCCN(Cc4cccs4)C3)cc2)cc1. The molecule has 4 rings (SSSR count). The van der Waals surface area contributed by atoms with Gasteiger partial charge in [-0.25, -0.2) is 0 Å². The third-order valence-electron chi connectivity index (χ3n) is 5.60.